The molecule has 8 nitrogen and oxygen atoms in total. The van der Waals surface area contributed by atoms with Crippen LogP contribution in [0, 0.1) is 24.0 Å². The van der Waals surface area contributed by atoms with Crippen LogP contribution in [0.3, 0.4) is 0 Å². The molecule has 0 radical (unpaired) electrons. The molecule has 0 heterocycles. The molecule has 0 saturated heterocycles. The molecule has 0 aliphatic heterocycles. The molecule has 0 amide bonds. The molecule has 5 N–H and O–H groups in total. The van der Waals surface area contributed by atoms with Gasteiger partial charge in [0.25, 0.3) is 5.69 Å². The number of phenols is 1. The van der Waals surface area contributed by atoms with Crippen molar-refractivity contribution in [3.8, 4) is 5.75 Å². The molecule has 0 saturated carbocycles. The third-order valence-electron chi connectivity index (χ3n) is 2.45. The summed E-state index contributed by atoms with van der Waals surface area (Å²) in [6, 6.07) is 0. The van der Waals surface area contributed by atoms with Gasteiger partial charge in [-0.3, -0.25) is 10.1 Å². The van der Waals surface area contributed by atoms with E-state index in [1.54, 1.807) is 0 Å². The van der Waals surface area contributed by atoms with Crippen molar-refractivity contribution in [1.29, 1.82) is 0 Å². The van der Waals surface area contributed by atoms with Crippen LogP contribution in [0.2, 0.25) is 0 Å². The van der Waals surface area contributed by atoms with Crippen LogP contribution < -0.4 is 11.5 Å². The van der Waals surface area contributed by atoms with E-state index in [2.05, 4.69) is 26.1 Å². The normalized spacial score (nSPS) is 10.7. The lowest BCUT2D eigenvalue weighted by atomic mass is 10.0. The van der Waals surface area contributed by atoms with Gasteiger partial charge in [0.15, 0.2) is 0 Å². The molecule has 0 aromatic heterocycles. The number of phenolic OH excluding ortho intramolecular Hbond substituents is 1. The second kappa shape index (κ2) is 5.65. The summed E-state index contributed by atoms with van der Waals surface area (Å²) in [5.74, 6) is -0.413. The maximum absolute atomic E-state index is 11.0. The average Bonchev–Trinajstić information content (AvgIpc) is 2.30. The van der Waals surface area contributed by atoms with Gasteiger partial charge in [-0.2, -0.15) is 5.10 Å². The van der Waals surface area contributed by atoms with Crippen LogP contribution in [0.1, 0.15) is 16.7 Å². The van der Waals surface area contributed by atoms with Crippen molar-refractivity contribution >= 4 is 33.8 Å². The zero-order chi connectivity index (χ0) is 14.7. The monoisotopic (exact) mass is 329 g/mol. The number of guanidine groups is 1. The van der Waals surface area contributed by atoms with Gasteiger partial charge in [0.2, 0.25) is 5.96 Å². The molecule has 102 valence electrons. The summed E-state index contributed by atoms with van der Waals surface area (Å²) in [6.07, 6.45) is 1.15. The molecule has 0 aliphatic rings. The first kappa shape index (κ1) is 14.9. The number of nitrogens with zero attached hydrogens (tertiary/aromatic N) is 3. The number of benzene rings is 1. The molecule has 0 unspecified atom stereocenters. The maximum atomic E-state index is 11.0. The van der Waals surface area contributed by atoms with Crippen molar-refractivity contribution in [2.24, 2.45) is 21.7 Å². The number of halogens is 1. The molecule has 0 fully saturated rings. The van der Waals surface area contributed by atoms with Crippen molar-refractivity contribution in [2.75, 3.05) is 0 Å². The van der Waals surface area contributed by atoms with Gasteiger partial charge < -0.3 is 16.6 Å². The van der Waals surface area contributed by atoms with Crippen molar-refractivity contribution in [1.82, 2.24) is 0 Å². The minimum atomic E-state index is -0.521. The van der Waals surface area contributed by atoms with Gasteiger partial charge in [0.1, 0.15) is 5.75 Å². The highest BCUT2D eigenvalue weighted by Crippen LogP contribution is 2.39. The Morgan fingerprint density at radius 2 is 2.00 bits per heavy atom. The largest absolute Gasteiger partial charge is 0.506 e. The highest BCUT2D eigenvalue weighted by Gasteiger charge is 2.24. The van der Waals surface area contributed by atoms with Crippen LogP contribution in [-0.4, -0.2) is 22.2 Å². The van der Waals surface area contributed by atoms with Crippen molar-refractivity contribution in [3.05, 3.63) is 31.3 Å². The SMILES string of the molecule is Cc1c(Br)c(O)c(C=NN=C(N)N)c(C)c1[N+](=O)[O-]. The Hall–Kier alpha value is -2.16. The van der Waals surface area contributed by atoms with Crippen LogP contribution in [0.4, 0.5) is 5.69 Å². The van der Waals surface area contributed by atoms with E-state index in [0.29, 0.717) is 5.56 Å². The quantitative estimate of drug-likeness (QED) is 0.331. The summed E-state index contributed by atoms with van der Waals surface area (Å²) >= 11 is 3.10. The smallest absolute Gasteiger partial charge is 0.277 e. The topological polar surface area (TPSA) is 140 Å². The third-order valence-corrected chi connectivity index (χ3v) is 3.42. The maximum Gasteiger partial charge on any atom is 0.277 e. The fourth-order valence-corrected chi connectivity index (χ4v) is 1.97. The number of nitro benzene ring substituents is 1. The number of nitro groups is 1. The Balaban J connectivity index is 3.53. The Labute approximate surface area is 117 Å². The Morgan fingerprint density at radius 1 is 1.42 bits per heavy atom. The van der Waals surface area contributed by atoms with E-state index >= 15 is 0 Å². The number of rotatable bonds is 3. The number of nitrogens with two attached hydrogens (primary N) is 2. The predicted molar refractivity (Wildman–Crippen MR) is 75.3 cm³/mol. The van der Waals surface area contributed by atoms with Gasteiger partial charge >= 0.3 is 0 Å². The zero-order valence-corrected chi connectivity index (χ0v) is 11.8. The lowest BCUT2D eigenvalue weighted by Gasteiger charge is -2.10. The number of hydrogen-bond donors (Lipinski definition) is 3. The highest BCUT2D eigenvalue weighted by atomic mass is 79.9. The van der Waals surface area contributed by atoms with Gasteiger partial charge in [-0.15, -0.1) is 5.10 Å². The fraction of sp³-hybridized carbons (Fsp3) is 0.200. The lowest BCUT2D eigenvalue weighted by Crippen LogP contribution is -2.21. The Morgan fingerprint density at radius 3 is 2.47 bits per heavy atom. The van der Waals surface area contributed by atoms with E-state index in [0.717, 1.165) is 6.21 Å². The second-order valence-electron chi connectivity index (χ2n) is 3.70. The van der Waals surface area contributed by atoms with Crippen molar-refractivity contribution < 1.29 is 10.0 Å². The van der Waals surface area contributed by atoms with E-state index in [1.165, 1.54) is 13.8 Å². The fourth-order valence-electron chi connectivity index (χ4n) is 1.57. The van der Waals surface area contributed by atoms with Gasteiger partial charge in [0.05, 0.1) is 15.6 Å². The predicted octanol–water partition coefficient (Wildman–Crippen LogP) is 1.29. The minimum absolute atomic E-state index is 0.101. The van der Waals surface area contributed by atoms with Gasteiger partial charge in [-0.25, -0.2) is 0 Å². The van der Waals surface area contributed by atoms with Gasteiger partial charge in [-0.1, -0.05) is 0 Å². The van der Waals surface area contributed by atoms with E-state index in [1.807, 2.05) is 0 Å². The molecular formula is C10H12BrN5O3. The van der Waals surface area contributed by atoms with E-state index in [9.17, 15) is 15.2 Å². The summed E-state index contributed by atoms with van der Waals surface area (Å²) < 4.78 is 0.232. The van der Waals surface area contributed by atoms with Gasteiger partial charge in [-0.05, 0) is 29.8 Å². The summed E-state index contributed by atoms with van der Waals surface area (Å²) in [5.41, 5.74) is 10.9. The first-order valence-electron chi connectivity index (χ1n) is 5.05. The lowest BCUT2D eigenvalue weighted by molar-refractivity contribution is -0.386. The molecule has 1 aromatic carbocycles. The molecule has 0 atom stereocenters. The van der Waals surface area contributed by atoms with Crippen molar-refractivity contribution in [2.45, 2.75) is 13.8 Å². The van der Waals surface area contributed by atoms with Crippen LogP contribution in [-0.2, 0) is 0 Å². The molecule has 1 rings (SSSR count). The first-order valence-corrected chi connectivity index (χ1v) is 5.84. The molecule has 9 heteroatoms. The van der Waals surface area contributed by atoms with Crippen LogP contribution in [0.25, 0.3) is 0 Å². The molecule has 1 aromatic rings. The van der Waals surface area contributed by atoms with E-state index in [-0.39, 0.29) is 33.0 Å². The van der Waals surface area contributed by atoms with Crippen LogP contribution in [0.15, 0.2) is 14.7 Å². The first-order chi connectivity index (χ1) is 8.77. The minimum Gasteiger partial charge on any atom is -0.506 e. The summed E-state index contributed by atoms with van der Waals surface area (Å²) in [6.45, 7) is 3.04. The van der Waals surface area contributed by atoms with E-state index < -0.39 is 4.92 Å². The summed E-state index contributed by atoms with van der Waals surface area (Å²) in [7, 11) is 0. The summed E-state index contributed by atoms with van der Waals surface area (Å²) in [4.78, 5) is 10.5. The van der Waals surface area contributed by atoms with Crippen molar-refractivity contribution in [3.63, 3.8) is 0 Å². The van der Waals surface area contributed by atoms with Crippen LogP contribution in [0.5, 0.6) is 5.75 Å². The van der Waals surface area contributed by atoms with E-state index in [4.69, 9.17) is 11.5 Å². The molecule has 19 heavy (non-hydrogen) atoms. The molecule has 0 bridgehead atoms. The molecule has 0 aliphatic carbocycles. The third kappa shape index (κ3) is 2.99. The summed E-state index contributed by atoms with van der Waals surface area (Å²) in [5, 5.41) is 27.9. The van der Waals surface area contributed by atoms with Gasteiger partial charge in [0, 0.05) is 16.7 Å². The zero-order valence-electron chi connectivity index (χ0n) is 10.2. The second-order valence-corrected chi connectivity index (χ2v) is 4.49. The average molecular weight is 330 g/mol. The molecule has 0 spiro atoms. The Bertz CT molecular complexity index is 594. The Kier molecular flexibility index (Phi) is 4.43. The van der Waals surface area contributed by atoms with Crippen LogP contribution >= 0.6 is 15.9 Å². The standard InChI is InChI=1S/C10H12BrN5O3/c1-4-6(3-14-15-10(12)13)9(17)7(11)5(2)8(4)16(18)19/h3,17H,1-2H3,(H4,12,13,15). The highest BCUT2D eigenvalue weighted by molar-refractivity contribution is 9.10. The molecular weight excluding hydrogens is 318 g/mol. The number of hydrogen-bond acceptors (Lipinski definition) is 5. The number of aromatic hydroxyl groups is 1.